The fourth-order valence-corrected chi connectivity index (χ4v) is 2.40. The van der Waals surface area contributed by atoms with Crippen molar-refractivity contribution in [1.82, 2.24) is 0 Å². The van der Waals surface area contributed by atoms with E-state index in [0.717, 1.165) is 16.6 Å². The molecule has 23 heavy (non-hydrogen) atoms. The van der Waals surface area contributed by atoms with Crippen LogP contribution in [0.15, 0.2) is 46.9 Å². The van der Waals surface area contributed by atoms with E-state index in [0.29, 0.717) is 29.4 Å². The highest BCUT2D eigenvalue weighted by molar-refractivity contribution is 9.10. The molecule has 0 aliphatic rings. The minimum Gasteiger partial charge on any atom is -0.494 e. The van der Waals surface area contributed by atoms with Gasteiger partial charge >= 0.3 is 5.97 Å². The van der Waals surface area contributed by atoms with Crippen LogP contribution < -0.4 is 10.1 Å². The van der Waals surface area contributed by atoms with Crippen LogP contribution in [0.2, 0.25) is 5.02 Å². The number of esters is 1. The highest BCUT2D eigenvalue weighted by Crippen LogP contribution is 2.21. The Bertz CT molecular complexity index is 661. The molecule has 0 heterocycles. The normalized spacial score (nSPS) is 10.2. The summed E-state index contributed by atoms with van der Waals surface area (Å²) in [6, 6.07) is 12.8. The molecule has 0 bridgehead atoms. The molecule has 0 radical (unpaired) electrons. The Labute approximate surface area is 148 Å². The Morgan fingerprint density at radius 2 is 1.96 bits per heavy atom. The molecule has 0 saturated carbocycles. The summed E-state index contributed by atoms with van der Waals surface area (Å²) in [4.78, 5) is 11.7. The minimum atomic E-state index is -0.416. The number of methoxy groups -OCH3 is 1. The predicted molar refractivity (Wildman–Crippen MR) is 95.5 cm³/mol. The van der Waals surface area contributed by atoms with E-state index in [9.17, 15) is 4.79 Å². The number of carbonyl (C=O) groups excluding carboxylic acids is 1. The van der Waals surface area contributed by atoms with E-state index in [-0.39, 0.29) is 0 Å². The van der Waals surface area contributed by atoms with Gasteiger partial charge in [0.1, 0.15) is 5.75 Å². The zero-order chi connectivity index (χ0) is 16.7. The molecule has 0 amide bonds. The van der Waals surface area contributed by atoms with Gasteiger partial charge in [-0.3, -0.25) is 0 Å². The second-order valence-electron chi connectivity index (χ2n) is 4.76. The summed E-state index contributed by atoms with van der Waals surface area (Å²) >= 11 is 9.30. The Hall–Kier alpha value is -1.72. The minimum absolute atomic E-state index is 0.416. The van der Waals surface area contributed by atoms with Crippen LogP contribution in [-0.2, 0) is 4.74 Å². The highest BCUT2D eigenvalue weighted by atomic mass is 79.9. The topological polar surface area (TPSA) is 47.6 Å². The SMILES string of the molecule is COC(=O)c1cc(Cl)ccc1NCCCOc1ccc(Br)cc1. The lowest BCUT2D eigenvalue weighted by Crippen LogP contribution is -2.11. The van der Waals surface area contributed by atoms with E-state index in [1.54, 1.807) is 18.2 Å². The van der Waals surface area contributed by atoms with Gasteiger partial charge in [0, 0.05) is 21.7 Å². The first kappa shape index (κ1) is 17.6. The summed E-state index contributed by atoms with van der Waals surface area (Å²) in [5.41, 5.74) is 1.12. The number of hydrogen-bond acceptors (Lipinski definition) is 4. The van der Waals surface area contributed by atoms with Gasteiger partial charge in [-0.2, -0.15) is 0 Å². The van der Waals surface area contributed by atoms with Crippen molar-refractivity contribution < 1.29 is 14.3 Å². The quantitative estimate of drug-likeness (QED) is 0.539. The first-order chi connectivity index (χ1) is 11.1. The molecule has 0 aliphatic heterocycles. The number of anilines is 1. The van der Waals surface area contributed by atoms with E-state index in [1.807, 2.05) is 24.3 Å². The van der Waals surface area contributed by atoms with Gasteiger partial charge in [0.15, 0.2) is 0 Å². The average Bonchev–Trinajstić information content (AvgIpc) is 2.56. The molecule has 2 aromatic rings. The lowest BCUT2D eigenvalue weighted by molar-refractivity contribution is 0.0602. The van der Waals surface area contributed by atoms with Crippen molar-refractivity contribution in [3.8, 4) is 5.75 Å². The predicted octanol–water partition coefficient (Wildman–Crippen LogP) is 4.77. The summed E-state index contributed by atoms with van der Waals surface area (Å²) in [6.45, 7) is 1.25. The van der Waals surface area contributed by atoms with Crippen molar-refractivity contribution in [2.24, 2.45) is 0 Å². The third-order valence-electron chi connectivity index (χ3n) is 3.11. The van der Waals surface area contributed by atoms with Crippen LogP contribution >= 0.6 is 27.5 Å². The number of nitrogens with one attached hydrogen (secondary N) is 1. The maximum Gasteiger partial charge on any atom is 0.340 e. The van der Waals surface area contributed by atoms with Gasteiger partial charge in [0.25, 0.3) is 0 Å². The molecule has 0 saturated heterocycles. The molecular weight excluding hydrogens is 382 g/mol. The fraction of sp³-hybridized carbons (Fsp3) is 0.235. The van der Waals surface area contributed by atoms with Gasteiger partial charge in [0.2, 0.25) is 0 Å². The van der Waals surface area contributed by atoms with Crippen molar-refractivity contribution in [3.05, 3.63) is 57.5 Å². The smallest absolute Gasteiger partial charge is 0.340 e. The van der Waals surface area contributed by atoms with E-state index >= 15 is 0 Å². The van der Waals surface area contributed by atoms with Crippen LogP contribution in [0.5, 0.6) is 5.75 Å². The van der Waals surface area contributed by atoms with Gasteiger partial charge in [-0.25, -0.2) is 4.79 Å². The third-order valence-corrected chi connectivity index (χ3v) is 3.87. The second-order valence-corrected chi connectivity index (χ2v) is 6.12. The number of benzene rings is 2. The largest absolute Gasteiger partial charge is 0.494 e. The summed E-state index contributed by atoms with van der Waals surface area (Å²) in [7, 11) is 1.35. The van der Waals surface area contributed by atoms with E-state index < -0.39 is 5.97 Å². The van der Waals surface area contributed by atoms with Crippen molar-refractivity contribution in [1.29, 1.82) is 0 Å². The third kappa shape index (κ3) is 5.44. The van der Waals surface area contributed by atoms with Crippen molar-refractivity contribution in [3.63, 3.8) is 0 Å². The molecule has 6 heteroatoms. The Morgan fingerprint density at radius 3 is 2.65 bits per heavy atom. The van der Waals surface area contributed by atoms with Crippen LogP contribution in [0.4, 0.5) is 5.69 Å². The zero-order valence-corrected chi connectivity index (χ0v) is 15.0. The molecular formula is C17H17BrClNO3. The maximum atomic E-state index is 11.7. The van der Waals surface area contributed by atoms with Crippen LogP contribution in [0.25, 0.3) is 0 Å². The number of hydrogen-bond donors (Lipinski definition) is 1. The number of halogens is 2. The van der Waals surface area contributed by atoms with Crippen molar-refractivity contribution >= 4 is 39.2 Å². The molecule has 0 spiro atoms. The lowest BCUT2D eigenvalue weighted by atomic mass is 10.1. The standard InChI is InChI=1S/C17H17BrClNO3/c1-22-17(21)15-11-13(19)5-8-16(15)20-9-2-10-23-14-6-3-12(18)4-7-14/h3-8,11,20H,2,9-10H2,1H3. The Morgan fingerprint density at radius 1 is 1.22 bits per heavy atom. The van der Waals surface area contributed by atoms with Gasteiger partial charge in [0.05, 0.1) is 19.3 Å². The molecule has 1 N–H and O–H groups in total. The molecule has 0 aromatic heterocycles. The molecule has 0 fully saturated rings. The lowest BCUT2D eigenvalue weighted by Gasteiger charge is -2.11. The van der Waals surface area contributed by atoms with Crippen LogP contribution in [0.1, 0.15) is 16.8 Å². The monoisotopic (exact) mass is 397 g/mol. The molecule has 122 valence electrons. The molecule has 0 atom stereocenters. The Balaban J connectivity index is 1.82. The molecule has 4 nitrogen and oxygen atoms in total. The van der Waals surface area contributed by atoms with Gasteiger partial charge in [-0.1, -0.05) is 27.5 Å². The molecule has 2 rings (SSSR count). The van der Waals surface area contributed by atoms with Crippen molar-refractivity contribution in [2.45, 2.75) is 6.42 Å². The maximum absolute atomic E-state index is 11.7. The molecule has 0 aliphatic carbocycles. The molecule has 0 unspecified atom stereocenters. The second kappa shape index (κ2) is 8.79. The van der Waals surface area contributed by atoms with E-state index in [1.165, 1.54) is 7.11 Å². The van der Waals surface area contributed by atoms with Crippen LogP contribution in [0, 0.1) is 0 Å². The van der Waals surface area contributed by atoms with Crippen molar-refractivity contribution in [2.75, 3.05) is 25.6 Å². The Kier molecular flexibility index (Phi) is 6.74. The average molecular weight is 399 g/mol. The van der Waals surface area contributed by atoms with E-state index in [2.05, 4.69) is 21.2 Å². The summed E-state index contributed by atoms with van der Waals surface area (Å²) in [5, 5.41) is 3.70. The van der Waals surface area contributed by atoms with Gasteiger partial charge in [-0.05, 0) is 48.9 Å². The summed E-state index contributed by atoms with van der Waals surface area (Å²) < 4.78 is 11.4. The van der Waals surface area contributed by atoms with Gasteiger partial charge in [-0.15, -0.1) is 0 Å². The fourth-order valence-electron chi connectivity index (χ4n) is 1.97. The van der Waals surface area contributed by atoms with E-state index in [4.69, 9.17) is 21.1 Å². The first-order valence-corrected chi connectivity index (χ1v) is 8.27. The van der Waals surface area contributed by atoms with Crippen LogP contribution in [-0.4, -0.2) is 26.2 Å². The summed E-state index contributed by atoms with van der Waals surface area (Å²) in [5.74, 6) is 0.413. The number of ether oxygens (including phenoxy) is 2. The zero-order valence-electron chi connectivity index (χ0n) is 12.6. The number of rotatable bonds is 7. The first-order valence-electron chi connectivity index (χ1n) is 7.10. The van der Waals surface area contributed by atoms with Gasteiger partial charge < -0.3 is 14.8 Å². The molecule has 2 aromatic carbocycles. The number of carbonyl (C=O) groups is 1. The highest BCUT2D eigenvalue weighted by Gasteiger charge is 2.12. The van der Waals surface area contributed by atoms with Crippen LogP contribution in [0.3, 0.4) is 0 Å². The summed E-state index contributed by atoms with van der Waals surface area (Å²) in [6.07, 6.45) is 0.791.